The SMILES string of the molecule is CCCC(C)C(C(=O)OC(C)(C)C)c1ccc(CBr)cc1. The molecule has 2 unspecified atom stereocenters. The number of benzene rings is 1. The first-order valence-corrected chi connectivity index (χ1v) is 8.78. The summed E-state index contributed by atoms with van der Waals surface area (Å²) in [7, 11) is 0. The van der Waals surface area contributed by atoms with E-state index in [2.05, 4.69) is 54.0 Å². The van der Waals surface area contributed by atoms with E-state index in [1.54, 1.807) is 0 Å². The highest BCUT2D eigenvalue weighted by Crippen LogP contribution is 2.31. The molecule has 0 fully saturated rings. The Bertz CT molecular complexity index is 445. The number of carbonyl (C=O) groups excluding carboxylic acids is 1. The van der Waals surface area contributed by atoms with Crippen LogP contribution in [0.5, 0.6) is 0 Å². The van der Waals surface area contributed by atoms with E-state index in [4.69, 9.17) is 4.74 Å². The molecule has 1 aromatic carbocycles. The number of rotatable bonds is 6. The van der Waals surface area contributed by atoms with Crippen LogP contribution in [-0.2, 0) is 14.9 Å². The fourth-order valence-corrected chi connectivity index (χ4v) is 2.87. The zero-order valence-corrected chi connectivity index (χ0v) is 15.4. The first-order valence-electron chi connectivity index (χ1n) is 7.66. The molecule has 0 spiro atoms. The lowest BCUT2D eigenvalue weighted by Gasteiger charge is -2.27. The van der Waals surface area contributed by atoms with Gasteiger partial charge in [0.25, 0.3) is 0 Å². The van der Waals surface area contributed by atoms with Gasteiger partial charge in [-0.15, -0.1) is 0 Å². The first kappa shape index (κ1) is 18.2. The summed E-state index contributed by atoms with van der Waals surface area (Å²) in [4.78, 5) is 12.6. The van der Waals surface area contributed by atoms with Crippen LogP contribution in [0.3, 0.4) is 0 Å². The number of carbonyl (C=O) groups is 1. The van der Waals surface area contributed by atoms with E-state index in [1.807, 2.05) is 20.8 Å². The van der Waals surface area contributed by atoms with Crippen molar-refractivity contribution in [1.82, 2.24) is 0 Å². The highest BCUT2D eigenvalue weighted by atomic mass is 79.9. The lowest BCUT2D eigenvalue weighted by Crippen LogP contribution is -2.30. The molecule has 1 rings (SSSR count). The number of alkyl halides is 1. The van der Waals surface area contributed by atoms with Crippen LogP contribution < -0.4 is 0 Å². The van der Waals surface area contributed by atoms with Gasteiger partial charge in [-0.05, 0) is 44.2 Å². The Labute approximate surface area is 137 Å². The van der Waals surface area contributed by atoms with Crippen LogP contribution in [0.25, 0.3) is 0 Å². The predicted octanol–water partition coefficient (Wildman–Crippen LogP) is 5.44. The summed E-state index contributed by atoms with van der Waals surface area (Å²) in [5, 5.41) is 0.828. The van der Waals surface area contributed by atoms with Gasteiger partial charge in [-0.2, -0.15) is 0 Å². The zero-order valence-electron chi connectivity index (χ0n) is 13.8. The molecule has 1 aromatic rings. The molecule has 0 aliphatic rings. The van der Waals surface area contributed by atoms with Crippen molar-refractivity contribution in [2.75, 3.05) is 0 Å². The van der Waals surface area contributed by atoms with Crippen LogP contribution in [0.4, 0.5) is 0 Å². The Morgan fingerprint density at radius 2 is 1.81 bits per heavy atom. The summed E-state index contributed by atoms with van der Waals surface area (Å²) in [6.07, 6.45) is 2.09. The smallest absolute Gasteiger partial charge is 0.314 e. The van der Waals surface area contributed by atoms with Crippen molar-refractivity contribution in [1.29, 1.82) is 0 Å². The molecule has 118 valence electrons. The van der Waals surface area contributed by atoms with Crippen molar-refractivity contribution in [2.24, 2.45) is 5.92 Å². The Balaban J connectivity index is 3.03. The Hall–Kier alpha value is -0.830. The van der Waals surface area contributed by atoms with E-state index in [1.165, 1.54) is 5.56 Å². The van der Waals surface area contributed by atoms with Crippen LogP contribution in [0.2, 0.25) is 0 Å². The number of esters is 1. The van der Waals surface area contributed by atoms with Gasteiger partial charge in [-0.25, -0.2) is 0 Å². The molecule has 0 aliphatic heterocycles. The van der Waals surface area contributed by atoms with Crippen molar-refractivity contribution in [2.45, 2.75) is 64.3 Å². The average molecular weight is 355 g/mol. The van der Waals surface area contributed by atoms with E-state index < -0.39 is 5.60 Å². The fourth-order valence-electron chi connectivity index (χ4n) is 2.50. The zero-order chi connectivity index (χ0) is 16.0. The average Bonchev–Trinajstić information content (AvgIpc) is 2.38. The van der Waals surface area contributed by atoms with Gasteiger partial charge in [-0.1, -0.05) is 60.5 Å². The van der Waals surface area contributed by atoms with Gasteiger partial charge in [0.2, 0.25) is 0 Å². The van der Waals surface area contributed by atoms with E-state index in [0.29, 0.717) is 0 Å². The minimum atomic E-state index is -0.447. The Morgan fingerprint density at radius 1 is 1.24 bits per heavy atom. The molecule has 0 aliphatic carbocycles. The van der Waals surface area contributed by atoms with Crippen LogP contribution in [0, 0.1) is 5.92 Å². The summed E-state index contributed by atoms with van der Waals surface area (Å²) in [5.74, 6) is -0.0248. The maximum atomic E-state index is 12.6. The third-order valence-electron chi connectivity index (χ3n) is 3.47. The van der Waals surface area contributed by atoms with Gasteiger partial charge in [0.15, 0.2) is 0 Å². The summed E-state index contributed by atoms with van der Waals surface area (Å²) in [6, 6.07) is 8.24. The maximum absolute atomic E-state index is 12.6. The van der Waals surface area contributed by atoms with Crippen molar-refractivity contribution < 1.29 is 9.53 Å². The van der Waals surface area contributed by atoms with Crippen molar-refractivity contribution in [3.8, 4) is 0 Å². The second-order valence-corrected chi connectivity index (χ2v) is 7.21. The molecule has 3 heteroatoms. The van der Waals surface area contributed by atoms with Crippen molar-refractivity contribution in [3.63, 3.8) is 0 Å². The molecule has 21 heavy (non-hydrogen) atoms. The highest BCUT2D eigenvalue weighted by Gasteiger charge is 2.30. The normalized spacial score (nSPS) is 14.6. The van der Waals surface area contributed by atoms with Crippen LogP contribution >= 0.6 is 15.9 Å². The van der Waals surface area contributed by atoms with Crippen molar-refractivity contribution in [3.05, 3.63) is 35.4 Å². The standard InChI is InChI=1S/C18H27BrO2/c1-6-7-13(2)16(17(20)21-18(3,4)5)15-10-8-14(12-19)9-11-15/h8-11,13,16H,6-7,12H2,1-5H3. The first-order chi connectivity index (χ1) is 9.78. The minimum absolute atomic E-state index is 0.116. The molecule has 0 radical (unpaired) electrons. The molecular weight excluding hydrogens is 328 g/mol. The fraction of sp³-hybridized carbons (Fsp3) is 0.611. The summed E-state index contributed by atoms with van der Waals surface area (Å²) in [5.41, 5.74) is 1.82. The summed E-state index contributed by atoms with van der Waals surface area (Å²) < 4.78 is 5.63. The van der Waals surface area contributed by atoms with E-state index in [9.17, 15) is 4.79 Å². The lowest BCUT2D eigenvalue weighted by molar-refractivity contribution is -0.158. The molecular formula is C18H27BrO2. The third-order valence-corrected chi connectivity index (χ3v) is 4.11. The number of hydrogen-bond acceptors (Lipinski definition) is 2. The van der Waals surface area contributed by atoms with E-state index >= 15 is 0 Å². The van der Waals surface area contributed by atoms with Gasteiger partial charge >= 0.3 is 5.97 Å². The number of ether oxygens (including phenoxy) is 1. The second kappa shape index (κ2) is 7.98. The monoisotopic (exact) mass is 354 g/mol. The number of hydrogen-bond donors (Lipinski definition) is 0. The molecule has 0 heterocycles. The molecule has 0 bridgehead atoms. The molecule has 2 atom stereocenters. The van der Waals surface area contributed by atoms with Crippen LogP contribution in [-0.4, -0.2) is 11.6 Å². The Kier molecular flexibility index (Phi) is 6.92. The third kappa shape index (κ3) is 5.82. The number of halogens is 1. The van der Waals surface area contributed by atoms with Gasteiger partial charge < -0.3 is 4.74 Å². The molecule has 0 N–H and O–H groups in total. The molecule has 0 aromatic heterocycles. The molecule has 0 saturated heterocycles. The van der Waals surface area contributed by atoms with Crippen LogP contribution in [0.1, 0.15) is 64.5 Å². The predicted molar refractivity (Wildman–Crippen MR) is 91.7 cm³/mol. The minimum Gasteiger partial charge on any atom is -0.459 e. The van der Waals surface area contributed by atoms with Gasteiger partial charge in [0.05, 0.1) is 5.92 Å². The lowest BCUT2D eigenvalue weighted by atomic mass is 9.84. The molecule has 2 nitrogen and oxygen atoms in total. The Morgan fingerprint density at radius 3 is 2.24 bits per heavy atom. The summed E-state index contributed by atoms with van der Waals surface area (Å²) >= 11 is 3.45. The van der Waals surface area contributed by atoms with Gasteiger partial charge in [0, 0.05) is 5.33 Å². The highest BCUT2D eigenvalue weighted by molar-refractivity contribution is 9.08. The quantitative estimate of drug-likeness (QED) is 0.501. The van der Waals surface area contributed by atoms with Gasteiger partial charge in [-0.3, -0.25) is 4.79 Å². The maximum Gasteiger partial charge on any atom is 0.314 e. The van der Waals surface area contributed by atoms with E-state index in [-0.39, 0.29) is 17.8 Å². The molecule has 0 saturated carbocycles. The van der Waals surface area contributed by atoms with E-state index in [0.717, 1.165) is 23.7 Å². The van der Waals surface area contributed by atoms with Crippen molar-refractivity contribution >= 4 is 21.9 Å². The summed E-state index contributed by atoms with van der Waals surface area (Å²) in [6.45, 7) is 10.0. The second-order valence-electron chi connectivity index (χ2n) is 6.65. The molecule has 0 amide bonds. The largest absolute Gasteiger partial charge is 0.459 e. The van der Waals surface area contributed by atoms with Gasteiger partial charge in [0.1, 0.15) is 5.60 Å². The topological polar surface area (TPSA) is 26.3 Å². The van der Waals surface area contributed by atoms with Crippen LogP contribution in [0.15, 0.2) is 24.3 Å².